The summed E-state index contributed by atoms with van der Waals surface area (Å²) >= 11 is 0. The molecule has 1 aliphatic rings. The summed E-state index contributed by atoms with van der Waals surface area (Å²) in [6, 6.07) is 5.59. The lowest BCUT2D eigenvalue weighted by Crippen LogP contribution is -2.30. The highest BCUT2D eigenvalue weighted by Crippen LogP contribution is 2.23. The Balaban J connectivity index is 0.00000220. The molecule has 1 unspecified atom stereocenters. The fourth-order valence-electron chi connectivity index (χ4n) is 2.19. The topological polar surface area (TPSA) is 64.8 Å². The van der Waals surface area contributed by atoms with Crippen LogP contribution in [0, 0.1) is 0 Å². The zero-order valence-corrected chi connectivity index (χ0v) is 13.1. The van der Waals surface area contributed by atoms with Gasteiger partial charge in [0.25, 0.3) is 0 Å². The number of nitrogens with two attached hydrogens (primary N) is 1. The molecule has 6 heteroatoms. The molecule has 21 heavy (non-hydrogen) atoms. The predicted octanol–water partition coefficient (Wildman–Crippen LogP) is 1.70. The van der Waals surface area contributed by atoms with Gasteiger partial charge in [-0.15, -0.1) is 12.4 Å². The lowest BCUT2D eigenvalue weighted by molar-refractivity contribution is -0.124. The normalized spacial score (nSPS) is 17.7. The first kappa shape index (κ1) is 17.3. The van der Waals surface area contributed by atoms with Crippen LogP contribution in [0.3, 0.4) is 0 Å². The van der Waals surface area contributed by atoms with Gasteiger partial charge in [-0.2, -0.15) is 0 Å². The second kappa shape index (κ2) is 7.90. The zero-order valence-electron chi connectivity index (χ0n) is 12.2. The van der Waals surface area contributed by atoms with Crippen LogP contribution in [0.25, 0.3) is 6.08 Å². The lowest BCUT2D eigenvalue weighted by Gasteiger charge is -2.12. The maximum atomic E-state index is 12.0. The molecule has 1 aliphatic heterocycles. The average Bonchev–Trinajstić information content (AvgIpc) is 2.91. The van der Waals surface area contributed by atoms with Crippen LogP contribution in [-0.4, -0.2) is 44.2 Å². The molecule has 1 amide bonds. The highest BCUT2D eigenvalue weighted by atomic mass is 35.5. The Morgan fingerprint density at radius 1 is 1.29 bits per heavy atom. The van der Waals surface area contributed by atoms with Crippen molar-refractivity contribution in [3.8, 4) is 11.5 Å². The summed E-state index contributed by atoms with van der Waals surface area (Å²) in [6.45, 7) is 1.36. The molecule has 5 nitrogen and oxygen atoms in total. The van der Waals surface area contributed by atoms with Crippen LogP contribution in [0.4, 0.5) is 0 Å². The van der Waals surface area contributed by atoms with Crippen molar-refractivity contribution in [2.45, 2.75) is 12.5 Å². The van der Waals surface area contributed by atoms with Crippen molar-refractivity contribution in [2.24, 2.45) is 5.73 Å². The van der Waals surface area contributed by atoms with Crippen molar-refractivity contribution < 1.29 is 14.3 Å². The first-order valence-corrected chi connectivity index (χ1v) is 6.58. The maximum Gasteiger partial charge on any atom is 0.246 e. The molecule has 1 heterocycles. The molecule has 2 N–H and O–H groups in total. The fourth-order valence-corrected chi connectivity index (χ4v) is 2.19. The van der Waals surface area contributed by atoms with Gasteiger partial charge in [-0.3, -0.25) is 4.79 Å². The number of ether oxygens (including phenoxy) is 2. The molecule has 1 fully saturated rings. The quantitative estimate of drug-likeness (QED) is 0.859. The van der Waals surface area contributed by atoms with Gasteiger partial charge in [0.15, 0.2) is 0 Å². The van der Waals surface area contributed by atoms with E-state index >= 15 is 0 Å². The number of methoxy groups -OCH3 is 2. The van der Waals surface area contributed by atoms with E-state index in [1.165, 1.54) is 0 Å². The molecule has 0 aromatic heterocycles. The van der Waals surface area contributed by atoms with Crippen molar-refractivity contribution in [3.05, 3.63) is 29.8 Å². The maximum absolute atomic E-state index is 12.0. The Morgan fingerprint density at radius 2 is 1.90 bits per heavy atom. The molecule has 0 bridgehead atoms. The van der Waals surface area contributed by atoms with E-state index in [0.717, 1.165) is 18.5 Å². The number of rotatable bonds is 4. The molecule has 0 saturated carbocycles. The Labute approximate surface area is 131 Å². The van der Waals surface area contributed by atoms with Crippen molar-refractivity contribution in [1.29, 1.82) is 0 Å². The van der Waals surface area contributed by atoms with Gasteiger partial charge >= 0.3 is 0 Å². The third-order valence-electron chi connectivity index (χ3n) is 3.33. The van der Waals surface area contributed by atoms with Crippen molar-refractivity contribution >= 4 is 24.4 Å². The van der Waals surface area contributed by atoms with Crippen molar-refractivity contribution in [2.75, 3.05) is 27.3 Å². The molecular formula is C15H21ClN2O3. The fraction of sp³-hybridized carbons (Fsp3) is 0.400. The summed E-state index contributed by atoms with van der Waals surface area (Å²) in [5, 5.41) is 0. The van der Waals surface area contributed by atoms with Gasteiger partial charge in [-0.25, -0.2) is 0 Å². The third kappa shape index (κ3) is 4.65. The van der Waals surface area contributed by atoms with Gasteiger partial charge in [-0.1, -0.05) is 0 Å². The van der Waals surface area contributed by atoms with Crippen LogP contribution in [-0.2, 0) is 4.79 Å². The number of carbonyl (C=O) groups is 1. The number of benzene rings is 1. The predicted molar refractivity (Wildman–Crippen MR) is 85.0 cm³/mol. The summed E-state index contributed by atoms with van der Waals surface area (Å²) in [6.07, 6.45) is 4.19. The van der Waals surface area contributed by atoms with Gasteiger partial charge < -0.3 is 20.1 Å². The highest BCUT2D eigenvalue weighted by molar-refractivity contribution is 5.92. The summed E-state index contributed by atoms with van der Waals surface area (Å²) in [4.78, 5) is 13.8. The van der Waals surface area contributed by atoms with Gasteiger partial charge in [0.2, 0.25) is 5.91 Å². The minimum atomic E-state index is -0.0141. The minimum absolute atomic E-state index is 0. The van der Waals surface area contributed by atoms with E-state index in [4.69, 9.17) is 15.2 Å². The average molecular weight is 313 g/mol. The molecule has 0 spiro atoms. The molecule has 1 aromatic rings. The van der Waals surface area contributed by atoms with Crippen LogP contribution in [0.5, 0.6) is 11.5 Å². The molecular weight excluding hydrogens is 292 g/mol. The van der Waals surface area contributed by atoms with Crippen LogP contribution in [0.15, 0.2) is 24.3 Å². The molecule has 0 aliphatic carbocycles. The molecule has 0 radical (unpaired) electrons. The Kier molecular flexibility index (Phi) is 6.52. The number of nitrogens with zero attached hydrogens (tertiary/aromatic N) is 1. The number of carbonyl (C=O) groups excluding carboxylic acids is 1. The van der Waals surface area contributed by atoms with Gasteiger partial charge in [-0.05, 0) is 30.2 Å². The Bertz CT molecular complexity index is 497. The van der Waals surface area contributed by atoms with Gasteiger partial charge in [0.1, 0.15) is 11.5 Å². The van der Waals surface area contributed by atoms with E-state index in [1.54, 1.807) is 37.3 Å². The molecule has 1 atom stereocenters. The number of halogens is 1. The third-order valence-corrected chi connectivity index (χ3v) is 3.33. The first-order valence-electron chi connectivity index (χ1n) is 6.58. The first-order chi connectivity index (χ1) is 9.62. The van der Waals surface area contributed by atoms with E-state index in [0.29, 0.717) is 18.0 Å². The van der Waals surface area contributed by atoms with E-state index in [-0.39, 0.29) is 24.4 Å². The smallest absolute Gasteiger partial charge is 0.246 e. The summed E-state index contributed by atoms with van der Waals surface area (Å²) in [5.74, 6) is 1.37. The number of hydrogen-bond acceptors (Lipinski definition) is 4. The van der Waals surface area contributed by atoms with Gasteiger partial charge in [0.05, 0.1) is 14.2 Å². The van der Waals surface area contributed by atoms with E-state index in [9.17, 15) is 4.79 Å². The monoisotopic (exact) mass is 312 g/mol. The highest BCUT2D eigenvalue weighted by Gasteiger charge is 2.21. The van der Waals surface area contributed by atoms with Crippen molar-refractivity contribution in [1.82, 2.24) is 4.90 Å². The molecule has 116 valence electrons. The summed E-state index contributed by atoms with van der Waals surface area (Å²) in [7, 11) is 3.19. The number of hydrogen-bond donors (Lipinski definition) is 1. The SMILES string of the molecule is COc1cc(/C=C/C(=O)N2CCC(N)C2)cc(OC)c1.Cl. The van der Waals surface area contributed by atoms with E-state index in [2.05, 4.69) is 0 Å². The van der Waals surface area contributed by atoms with Crippen LogP contribution < -0.4 is 15.2 Å². The largest absolute Gasteiger partial charge is 0.497 e. The van der Waals surface area contributed by atoms with Crippen molar-refractivity contribution in [3.63, 3.8) is 0 Å². The Morgan fingerprint density at radius 3 is 2.38 bits per heavy atom. The van der Waals surface area contributed by atoms with Crippen LogP contribution >= 0.6 is 12.4 Å². The molecule has 1 aromatic carbocycles. The lowest BCUT2D eigenvalue weighted by atomic mass is 10.2. The van der Waals surface area contributed by atoms with E-state index < -0.39 is 0 Å². The van der Waals surface area contributed by atoms with Gasteiger partial charge in [0, 0.05) is 31.3 Å². The van der Waals surface area contributed by atoms with E-state index in [1.807, 2.05) is 12.1 Å². The molecule has 2 rings (SSSR count). The summed E-state index contributed by atoms with van der Waals surface area (Å²) in [5.41, 5.74) is 6.65. The molecule has 1 saturated heterocycles. The zero-order chi connectivity index (χ0) is 14.5. The van der Waals surface area contributed by atoms with Crippen LogP contribution in [0.1, 0.15) is 12.0 Å². The number of amides is 1. The summed E-state index contributed by atoms with van der Waals surface area (Å²) < 4.78 is 10.4. The number of likely N-dealkylation sites (tertiary alicyclic amines) is 1. The van der Waals surface area contributed by atoms with Crippen LogP contribution in [0.2, 0.25) is 0 Å². The Hall–Kier alpha value is -1.72. The standard InChI is InChI=1S/C15H20N2O3.ClH/c1-19-13-7-11(8-14(9-13)20-2)3-4-15(18)17-6-5-12(16)10-17;/h3-4,7-9,12H,5-6,10,16H2,1-2H3;1H/b4-3+;. The minimum Gasteiger partial charge on any atom is -0.497 e. The second-order valence-corrected chi connectivity index (χ2v) is 4.81. The second-order valence-electron chi connectivity index (χ2n) is 4.81.